The molecule has 1 unspecified atom stereocenters. The van der Waals surface area contributed by atoms with E-state index in [1.807, 2.05) is 12.3 Å². The quantitative estimate of drug-likeness (QED) is 0.785. The molecule has 0 fully saturated rings. The molecule has 1 aliphatic rings. The van der Waals surface area contributed by atoms with E-state index in [1.165, 1.54) is 29.7 Å². The van der Waals surface area contributed by atoms with Crippen LogP contribution in [0.2, 0.25) is 0 Å². The highest BCUT2D eigenvalue weighted by Gasteiger charge is 2.22. The lowest BCUT2D eigenvalue weighted by Gasteiger charge is -2.10. The van der Waals surface area contributed by atoms with Crippen molar-refractivity contribution >= 4 is 12.4 Å². The predicted molar refractivity (Wildman–Crippen MR) is 72.7 cm³/mol. The number of pyridine rings is 1. The summed E-state index contributed by atoms with van der Waals surface area (Å²) in [6.45, 7) is 0. The third-order valence-corrected chi connectivity index (χ3v) is 3.44. The number of nitrogens with zero attached hydrogens (tertiary/aromatic N) is 1. The Morgan fingerprint density at radius 2 is 1.88 bits per heavy atom. The number of fused-ring (bicyclic) bond motifs is 1. The minimum atomic E-state index is 0. The first-order valence-corrected chi connectivity index (χ1v) is 5.91. The van der Waals surface area contributed by atoms with Crippen LogP contribution >= 0.6 is 12.4 Å². The third kappa shape index (κ3) is 2.50. The van der Waals surface area contributed by atoms with Gasteiger partial charge in [0.15, 0.2) is 0 Å². The number of aryl methyl sites for hydroxylation is 1. The Kier molecular flexibility index (Phi) is 3.80. The molecule has 1 aromatic carbocycles. The van der Waals surface area contributed by atoms with E-state index < -0.39 is 0 Å². The van der Waals surface area contributed by atoms with Gasteiger partial charge in [0.05, 0.1) is 0 Å². The molecule has 0 radical (unpaired) electrons. The van der Waals surface area contributed by atoms with Crippen molar-refractivity contribution in [2.45, 2.75) is 25.2 Å². The first kappa shape index (κ1) is 12.1. The van der Waals surface area contributed by atoms with E-state index in [4.69, 9.17) is 0 Å². The van der Waals surface area contributed by atoms with E-state index in [9.17, 15) is 0 Å². The van der Waals surface area contributed by atoms with Gasteiger partial charge in [-0.15, -0.1) is 12.4 Å². The Labute approximate surface area is 108 Å². The smallest absolute Gasteiger partial charge is 0.0409 e. The molecule has 17 heavy (non-hydrogen) atoms. The topological polar surface area (TPSA) is 12.9 Å². The van der Waals surface area contributed by atoms with E-state index in [0.717, 1.165) is 6.42 Å². The molecule has 0 aliphatic heterocycles. The average molecular weight is 246 g/mol. The fraction of sp³-hybridized carbons (Fsp3) is 0.267. The van der Waals surface area contributed by atoms with Gasteiger partial charge in [-0.3, -0.25) is 4.98 Å². The predicted octanol–water partition coefficient (Wildman–Crippen LogP) is 3.78. The SMILES string of the molecule is Cl.c1ccc(CC2CCc3ccccc32)nc1. The molecule has 0 N–H and O–H groups in total. The van der Waals surface area contributed by atoms with Crippen LogP contribution in [0.25, 0.3) is 0 Å². The van der Waals surface area contributed by atoms with Gasteiger partial charge in [0.1, 0.15) is 0 Å². The van der Waals surface area contributed by atoms with Gasteiger partial charge in [0, 0.05) is 11.9 Å². The van der Waals surface area contributed by atoms with Crippen LogP contribution in [-0.2, 0) is 12.8 Å². The monoisotopic (exact) mass is 245 g/mol. The summed E-state index contributed by atoms with van der Waals surface area (Å²) in [6, 6.07) is 15.0. The maximum Gasteiger partial charge on any atom is 0.0409 e. The molecule has 2 heteroatoms. The minimum absolute atomic E-state index is 0. The minimum Gasteiger partial charge on any atom is -0.261 e. The maximum atomic E-state index is 4.42. The molecule has 1 aromatic heterocycles. The summed E-state index contributed by atoms with van der Waals surface area (Å²) < 4.78 is 0. The Balaban J connectivity index is 0.00000108. The lowest BCUT2D eigenvalue weighted by Crippen LogP contribution is -2.00. The first-order chi connectivity index (χ1) is 7.93. The van der Waals surface area contributed by atoms with Crippen LogP contribution in [-0.4, -0.2) is 4.98 Å². The van der Waals surface area contributed by atoms with Crippen LogP contribution in [0.3, 0.4) is 0 Å². The van der Waals surface area contributed by atoms with Gasteiger partial charge in [-0.1, -0.05) is 30.3 Å². The molecule has 2 aromatic rings. The maximum absolute atomic E-state index is 4.42. The van der Waals surface area contributed by atoms with Gasteiger partial charge in [0.2, 0.25) is 0 Å². The zero-order valence-corrected chi connectivity index (χ0v) is 10.5. The van der Waals surface area contributed by atoms with Gasteiger partial charge in [0.25, 0.3) is 0 Å². The number of halogens is 1. The highest BCUT2D eigenvalue weighted by atomic mass is 35.5. The molecular formula is C15H16ClN. The van der Waals surface area contributed by atoms with Crippen molar-refractivity contribution < 1.29 is 0 Å². The summed E-state index contributed by atoms with van der Waals surface area (Å²) in [7, 11) is 0. The van der Waals surface area contributed by atoms with Crippen molar-refractivity contribution in [3.63, 3.8) is 0 Å². The molecule has 1 atom stereocenters. The molecule has 0 bridgehead atoms. The lowest BCUT2D eigenvalue weighted by atomic mass is 9.96. The Hall–Kier alpha value is -1.34. The molecular weight excluding hydrogens is 230 g/mol. The van der Waals surface area contributed by atoms with Crippen molar-refractivity contribution in [2.75, 3.05) is 0 Å². The Bertz CT molecular complexity index is 481. The average Bonchev–Trinajstić information content (AvgIpc) is 2.74. The van der Waals surface area contributed by atoms with Gasteiger partial charge in [-0.2, -0.15) is 0 Å². The second-order valence-corrected chi connectivity index (χ2v) is 4.46. The van der Waals surface area contributed by atoms with Crippen LogP contribution in [0.1, 0.15) is 29.2 Å². The molecule has 88 valence electrons. The van der Waals surface area contributed by atoms with Crippen LogP contribution < -0.4 is 0 Å². The third-order valence-electron chi connectivity index (χ3n) is 3.44. The zero-order valence-electron chi connectivity index (χ0n) is 9.67. The summed E-state index contributed by atoms with van der Waals surface area (Å²) in [5.74, 6) is 0.672. The fourth-order valence-corrected chi connectivity index (χ4v) is 2.63. The lowest BCUT2D eigenvalue weighted by molar-refractivity contribution is 0.663. The largest absolute Gasteiger partial charge is 0.261 e. The molecule has 3 rings (SSSR count). The molecule has 0 saturated carbocycles. The van der Waals surface area contributed by atoms with E-state index in [0.29, 0.717) is 5.92 Å². The highest BCUT2D eigenvalue weighted by Crippen LogP contribution is 2.34. The number of hydrogen-bond acceptors (Lipinski definition) is 1. The van der Waals surface area contributed by atoms with Crippen LogP contribution in [0.5, 0.6) is 0 Å². The molecule has 0 spiro atoms. The summed E-state index contributed by atoms with van der Waals surface area (Å²) in [4.78, 5) is 4.42. The van der Waals surface area contributed by atoms with Crippen molar-refractivity contribution in [1.82, 2.24) is 4.98 Å². The van der Waals surface area contributed by atoms with Gasteiger partial charge in [-0.05, 0) is 48.4 Å². The standard InChI is InChI=1S/C15H15N.ClH/c1-2-7-15-12(5-1)8-9-13(15)11-14-6-3-4-10-16-14;/h1-7,10,13H,8-9,11H2;1H. The van der Waals surface area contributed by atoms with Crippen molar-refractivity contribution in [1.29, 1.82) is 0 Å². The van der Waals surface area contributed by atoms with Crippen molar-refractivity contribution in [2.24, 2.45) is 0 Å². The summed E-state index contributed by atoms with van der Waals surface area (Å²) in [5.41, 5.74) is 4.28. The second kappa shape index (κ2) is 5.33. The van der Waals surface area contributed by atoms with E-state index in [1.54, 1.807) is 0 Å². The first-order valence-electron chi connectivity index (χ1n) is 5.91. The summed E-state index contributed by atoms with van der Waals surface area (Å²) in [6.07, 6.45) is 5.47. The van der Waals surface area contributed by atoms with E-state index >= 15 is 0 Å². The molecule has 1 heterocycles. The fourth-order valence-electron chi connectivity index (χ4n) is 2.63. The van der Waals surface area contributed by atoms with E-state index in [2.05, 4.69) is 41.4 Å². The van der Waals surface area contributed by atoms with Crippen molar-refractivity contribution in [3.8, 4) is 0 Å². The normalized spacial score (nSPS) is 17.3. The molecule has 1 aliphatic carbocycles. The molecule has 0 saturated heterocycles. The van der Waals surface area contributed by atoms with Crippen LogP contribution in [0, 0.1) is 0 Å². The zero-order chi connectivity index (χ0) is 10.8. The molecule has 0 amide bonds. The molecule has 1 nitrogen and oxygen atoms in total. The number of hydrogen-bond donors (Lipinski definition) is 0. The number of aromatic nitrogens is 1. The Morgan fingerprint density at radius 1 is 1.06 bits per heavy atom. The van der Waals surface area contributed by atoms with Gasteiger partial charge >= 0.3 is 0 Å². The summed E-state index contributed by atoms with van der Waals surface area (Å²) in [5, 5.41) is 0. The number of benzene rings is 1. The van der Waals surface area contributed by atoms with E-state index in [-0.39, 0.29) is 12.4 Å². The second-order valence-electron chi connectivity index (χ2n) is 4.46. The van der Waals surface area contributed by atoms with Gasteiger partial charge < -0.3 is 0 Å². The summed E-state index contributed by atoms with van der Waals surface area (Å²) >= 11 is 0. The van der Waals surface area contributed by atoms with Gasteiger partial charge in [-0.25, -0.2) is 0 Å². The van der Waals surface area contributed by atoms with Crippen molar-refractivity contribution in [3.05, 3.63) is 65.5 Å². The Morgan fingerprint density at radius 3 is 2.71 bits per heavy atom. The van der Waals surface area contributed by atoms with Crippen LogP contribution in [0.15, 0.2) is 48.7 Å². The number of rotatable bonds is 2. The van der Waals surface area contributed by atoms with Crippen LogP contribution in [0.4, 0.5) is 0 Å². The highest BCUT2D eigenvalue weighted by molar-refractivity contribution is 5.85.